The summed E-state index contributed by atoms with van der Waals surface area (Å²) in [4.78, 5) is 20.9. The molecule has 1 amide bonds. The van der Waals surface area contributed by atoms with Crippen molar-refractivity contribution in [1.82, 2.24) is 4.57 Å². The smallest absolute Gasteiger partial charge is 0.414 e. The highest BCUT2D eigenvalue weighted by molar-refractivity contribution is 5.70. The molecule has 182 valence electrons. The molecule has 0 bridgehead atoms. The molecule has 2 heterocycles. The molecule has 1 aliphatic heterocycles. The van der Waals surface area contributed by atoms with Crippen LogP contribution in [-0.2, 0) is 16.6 Å². The molecular formula is C21H22F6N2O4. The minimum absolute atomic E-state index is 0.0958. The van der Waals surface area contributed by atoms with Crippen LogP contribution in [0.15, 0.2) is 35.3 Å². The molecule has 33 heavy (non-hydrogen) atoms. The first-order chi connectivity index (χ1) is 15.4. The Balaban J connectivity index is 0.000000294. The summed E-state index contributed by atoms with van der Waals surface area (Å²) >= 11 is 0. The van der Waals surface area contributed by atoms with Gasteiger partial charge in [0.05, 0.1) is 6.61 Å². The molecule has 1 aromatic carbocycles. The Labute approximate surface area is 185 Å². The summed E-state index contributed by atoms with van der Waals surface area (Å²) in [5, 5.41) is 2.38. The van der Waals surface area contributed by atoms with Gasteiger partial charge in [-0.2, -0.15) is 22.0 Å². The van der Waals surface area contributed by atoms with Gasteiger partial charge in [0.25, 0.3) is 5.56 Å². The number of alkyl halides is 5. The molecule has 3 unspecified atom stereocenters. The predicted octanol–water partition coefficient (Wildman–Crippen LogP) is 4.37. The highest BCUT2D eigenvalue weighted by atomic mass is 19.4. The van der Waals surface area contributed by atoms with E-state index in [1.54, 1.807) is 19.3 Å². The molecule has 0 saturated carbocycles. The number of benzene rings is 1. The third-order valence-electron chi connectivity index (χ3n) is 5.20. The van der Waals surface area contributed by atoms with Gasteiger partial charge >= 0.3 is 12.8 Å². The highest BCUT2D eigenvalue weighted by Gasteiger charge is 2.51. The second-order valence-corrected chi connectivity index (χ2v) is 7.36. The summed E-state index contributed by atoms with van der Waals surface area (Å²) in [6, 6.07) is 5.20. The van der Waals surface area contributed by atoms with Crippen molar-refractivity contribution in [1.29, 1.82) is 0 Å². The van der Waals surface area contributed by atoms with Crippen LogP contribution in [0, 0.1) is 18.7 Å². The Bertz CT molecular complexity index is 1020. The number of nitrogens with one attached hydrogen (secondary N) is 1. The Morgan fingerprint density at radius 2 is 1.94 bits per heavy atom. The molecule has 1 saturated heterocycles. The van der Waals surface area contributed by atoms with Crippen LogP contribution < -0.4 is 15.6 Å². The van der Waals surface area contributed by atoms with Crippen LogP contribution in [0.3, 0.4) is 0 Å². The van der Waals surface area contributed by atoms with Gasteiger partial charge in [-0.15, -0.1) is 0 Å². The van der Waals surface area contributed by atoms with E-state index in [0.717, 1.165) is 6.07 Å². The van der Waals surface area contributed by atoms with Crippen LogP contribution in [0.1, 0.15) is 24.0 Å². The van der Waals surface area contributed by atoms with Crippen LogP contribution >= 0.6 is 0 Å². The first-order valence-electron chi connectivity index (χ1n) is 9.65. The number of hydrogen-bond donors (Lipinski definition) is 1. The third-order valence-corrected chi connectivity index (χ3v) is 5.20. The first-order valence-corrected chi connectivity index (χ1v) is 9.65. The van der Waals surface area contributed by atoms with Crippen LogP contribution in [0.25, 0.3) is 0 Å². The lowest BCUT2D eigenvalue weighted by Gasteiger charge is -2.23. The van der Waals surface area contributed by atoms with Crippen LogP contribution in [0.2, 0.25) is 0 Å². The van der Waals surface area contributed by atoms with Crippen molar-refractivity contribution in [3.8, 4) is 5.75 Å². The molecule has 0 radical (unpaired) electrons. The van der Waals surface area contributed by atoms with E-state index in [2.05, 4.69) is 10.1 Å². The summed E-state index contributed by atoms with van der Waals surface area (Å²) in [5.74, 6) is -2.99. The normalized spacial score (nSPS) is 20.2. The van der Waals surface area contributed by atoms with Crippen LogP contribution in [-0.4, -0.2) is 36.5 Å². The number of aromatic nitrogens is 1. The van der Waals surface area contributed by atoms with Crippen molar-refractivity contribution in [2.45, 2.75) is 38.7 Å². The summed E-state index contributed by atoms with van der Waals surface area (Å²) in [6.45, 7) is -0.940. The Hall–Kier alpha value is -3.02. The minimum atomic E-state index is -4.55. The fourth-order valence-corrected chi connectivity index (χ4v) is 3.42. The van der Waals surface area contributed by atoms with Crippen molar-refractivity contribution in [2.24, 2.45) is 13.0 Å². The van der Waals surface area contributed by atoms with Gasteiger partial charge < -0.3 is 19.4 Å². The van der Waals surface area contributed by atoms with E-state index in [1.807, 2.05) is 0 Å². The number of amides is 1. The molecule has 0 aliphatic carbocycles. The number of hydrogen-bond acceptors (Lipinski definition) is 4. The number of pyridine rings is 1. The SMILES string of the molecule is Cc1c(F)ccc(C2COC(C(F)(F)F)C2C)c1OC(F)F.Cn1ccc(NC=O)cc1=O. The van der Waals surface area contributed by atoms with Gasteiger partial charge in [0.2, 0.25) is 6.41 Å². The molecule has 1 fully saturated rings. The predicted molar refractivity (Wildman–Crippen MR) is 107 cm³/mol. The summed E-state index contributed by atoms with van der Waals surface area (Å²) in [5.41, 5.74) is 0.304. The fourth-order valence-electron chi connectivity index (χ4n) is 3.42. The summed E-state index contributed by atoms with van der Waals surface area (Å²) in [6.07, 6.45) is -4.40. The summed E-state index contributed by atoms with van der Waals surface area (Å²) in [7, 11) is 1.65. The zero-order chi connectivity index (χ0) is 24.9. The van der Waals surface area contributed by atoms with Gasteiger partial charge in [0.1, 0.15) is 11.6 Å². The van der Waals surface area contributed by atoms with E-state index in [4.69, 9.17) is 4.74 Å². The largest absolute Gasteiger partial charge is 0.434 e. The van der Waals surface area contributed by atoms with Gasteiger partial charge in [-0.1, -0.05) is 13.0 Å². The lowest BCUT2D eigenvalue weighted by Crippen LogP contribution is -2.33. The molecular weight excluding hydrogens is 458 g/mol. The number of nitrogens with zero attached hydrogens (tertiary/aromatic N) is 1. The van der Waals surface area contributed by atoms with Crippen molar-refractivity contribution in [2.75, 3.05) is 11.9 Å². The van der Waals surface area contributed by atoms with Gasteiger partial charge in [-0.25, -0.2) is 4.39 Å². The van der Waals surface area contributed by atoms with Crippen LogP contribution in [0.4, 0.5) is 32.0 Å². The zero-order valence-corrected chi connectivity index (χ0v) is 17.8. The zero-order valence-electron chi connectivity index (χ0n) is 17.8. The first kappa shape index (κ1) is 26.2. The number of carbonyl (C=O) groups is 1. The third kappa shape index (κ3) is 6.50. The molecule has 3 rings (SSSR count). The van der Waals surface area contributed by atoms with E-state index in [9.17, 15) is 35.9 Å². The molecule has 3 atom stereocenters. The van der Waals surface area contributed by atoms with Crippen molar-refractivity contribution in [3.63, 3.8) is 0 Å². The van der Waals surface area contributed by atoms with E-state index in [0.29, 0.717) is 12.1 Å². The lowest BCUT2D eigenvalue weighted by atomic mass is 9.85. The molecule has 6 nitrogen and oxygen atoms in total. The molecule has 1 aliphatic rings. The lowest BCUT2D eigenvalue weighted by molar-refractivity contribution is -0.215. The molecule has 2 aromatic rings. The Morgan fingerprint density at radius 1 is 1.27 bits per heavy atom. The van der Waals surface area contributed by atoms with E-state index < -0.39 is 42.3 Å². The number of aryl methyl sites for hydroxylation is 1. The quantitative estimate of drug-likeness (QED) is 0.510. The number of carbonyl (C=O) groups excluding carboxylic acids is 1. The number of rotatable bonds is 5. The summed E-state index contributed by atoms with van der Waals surface area (Å²) < 4.78 is 87.5. The van der Waals surface area contributed by atoms with Gasteiger partial charge in [-0.3, -0.25) is 9.59 Å². The van der Waals surface area contributed by atoms with Crippen molar-refractivity contribution >= 4 is 12.1 Å². The standard InChI is InChI=1S/C14H14F6O2.C7H8N2O2/c1-6-9(5-21-12(6)14(18,19)20)8-3-4-10(15)7(2)11(8)22-13(16)17;1-9-3-2-6(8-5-10)4-7(9)11/h3-4,6,9,12-13H,5H2,1-2H3;2-5H,1H3,(H,8,10). The van der Waals surface area contributed by atoms with Crippen LogP contribution in [0.5, 0.6) is 5.75 Å². The fraction of sp³-hybridized carbons (Fsp3) is 0.429. The monoisotopic (exact) mass is 480 g/mol. The van der Waals surface area contributed by atoms with Gasteiger partial charge in [0.15, 0.2) is 6.10 Å². The van der Waals surface area contributed by atoms with E-state index >= 15 is 0 Å². The topological polar surface area (TPSA) is 69.6 Å². The average Bonchev–Trinajstić information content (AvgIpc) is 3.11. The Kier molecular flexibility index (Phi) is 8.53. The second-order valence-electron chi connectivity index (χ2n) is 7.36. The van der Waals surface area contributed by atoms with Gasteiger partial charge in [-0.05, 0) is 19.1 Å². The maximum atomic E-state index is 13.5. The molecule has 1 N–H and O–H groups in total. The molecule has 12 heteroatoms. The second kappa shape index (κ2) is 10.7. The molecule has 0 spiro atoms. The van der Waals surface area contributed by atoms with E-state index in [-0.39, 0.29) is 23.3 Å². The Morgan fingerprint density at radius 3 is 2.45 bits per heavy atom. The number of anilines is 1. The van der Waals surface area contributed by atoms with Gasteiger partial charge in [0, 0.05) is 48.0 Å². The maximum Gasteiger partial charge on any atom is 0.414 e. The number of halogens is 6. The van der Waals surface area contributed by atoms with Crippen molar-refractivity contribution < 1.29 is 40.6 Å². The highest BCUT2D eigenvalue weighted by Crippen LogP contribution is 2.45. The average molecular weight is 480 g/mol. The minimum Gasteiger partial charge on any atom is -0.434 e. The van der Waals surface area contributed by atoms with Crippen molar-refractivity contribution in [3.05, 3.63) is 57.8 Å². The molecule has 1 aromatic heterocycles. The maximum absolute atomic E-state index is 13.5. The van der Waals surface area contributed by atoms with E-state index in [1.165, 1.54) is 30.5 Å². The number of ether oxygens (including phenoxy) is 2.